The quantitative estimate of drug-likeness (QED) is 0.471. The van der Waals surface area contributed by atoms with E-state index in [1.165, 1.54) is 0 Å². The van der Waals surface area contributed by atoms with E-state index in [1.807, 2.05) is 60.7 Å². The van der Waals surface area contributed by atoms with E-state index in [9.17, 15) is 0 Å². The van der Waals surface area contributed by atoms with Crippen molar-refractivity contribution in [2.75, 3.05) is 23.8 Å². The van der Waals surface area contributed by atoms with Crippen LogP contribution in [0.4, 0.5) is 17.1 Å². The molecule has 0 radical (unpaired) electrons. The Morgan fingerprint density at radius 3 is 1.88 bits per heavy atom. The van der Waals surface area contributed by atoms with Gasteiger partial charge in [0.15, 0.2) is 0 Å². The van der Waals surface area contributed by atoms with Gasteiger partial charge in [-0.3, -0.25) is 0 Å². The number of anilines is 3. The summed E-state index contributed by atoms with van der Waals surface area (Å²) < 4.78 is 0. The molecule has 0 aliphatic carbocycles. The molecule has 0 amide bonds. The molecule has 4 rings (SSSR count). The Morgan fingerprint density at radius 2 is 1.28 bits per heavy atom. The van der Waals surface area contributed by atoms with Gasteiger partial charge in [-0.2, -0.15) is 0 Å². The number of aromatic nitrogens is 1. The lowest BCUT2D eigenvalue weighted by Crippen LogP contribution is -2.05. The van der Waals surface area contributed by atoms with Gasteiger partial charge >= 0.3 is 0 Å². The molecular formula is C21H19N3O. The third-order valence-electron chi connectivity index (χ3n) is 4.18. The molecule has 0 atom stereocenters. The summed E-state index contributed by atoms with van der Waals surface area (Å²) in [6.45, 7) is 0.668. The Balaban J connectivity index is 1.76. The van der Waals surface area contributed by atoms with Crippen LogP contribution in [0.3, 0.4) is 0 Å². The zero-order valence-electron chi connectivity index (χ0n) is 13.7. The number of hydrogen-bond donors (Lipinski definition) is 3. The molecule has 4 aromatic rings. The van der Waals surface area contributed by atoms with E-state index in [0.29, 0.717) is 6.54 Å². The van der Waals surface area contributed by atoms with E-state index in [1.54, 1.807) is 0 Å². The highest BCUT2D eigenvalue weighted by Crippen LogP contribution is 2.33. The molecule has 0 aliphatic rings. The van der Waals surface area contributed by atoms with Crippen molar-refractivity contribution >= 4 is 38.9 Å². The van der Waals surface area contributed by atoms with Crippen molar-refractivity contribution in [2.24, 2.45) is 0 Å². The number of fused-ring (bicyclic) bond motifs is 2. The molecule has 0 aliphatic heterocycles. The fourth-order valence-corrected chi connectivity index (χ4v) is 2.99. The smallest absolute Gasteiger partial charge is 0.0730 e. The Kier molecular flexibility index (Phi) is 4.19. The van der Waals surface area contributed by atoms with Gasteiger partial charge in [0, 0.05) is 28.7 Å². The molecule has 0 bridgehead atoms. The van der Waals surface area contributed by atoms with Crippen LogP contribution in [0.15, 0.2) is 72.8 Å². The Bertz CT molecular complexity index is 958. The maximum atomic E-state index is 8.90. The molecule has 4 nitrogen and oxygen atoms in total. The summed E-state index contributed by atoms with van der Waals surface area (Å²) in [7, 11) is 0. The predicted octanol–water partition coefficient (Wildman–Crippen LogP) is 4.54. The van der Waals surface area contributed by atoms with Crippen molar-refractivity contribution in [3.8, 4) is 0 Å². The SMILES string of the molecule is OCCNc1ccc(Nc2c3ccccc3nc3ccccc23)cc1. The van der Waals surface area contributed by atoms with E-state index < -0.39 is 0 Å². The first-order valence-corrected chi connectivity index (χ1v) is 8.34. The van der Waals surface area contributed by atoms with Crippen molar-refractivity contribution < 1.29 is 5.11 Å². The lowest BCUT2D eigenvalue weighted by molar-refractivity contribution is 0.311. The topological polar surface area (TPSA) is 57.2 Å². The first kappa shape index (κ1) is 15.4. The molecule has 124 valence electrons. The average molecular weight is 329 g/mol. The van der Waals surface area contributed by atoms with Gasteiger partial charge in [-0.15, -0.1) is 0 Å². The normalized spacial score (nSPS) is 10.9. The monoisotopic (exact) mass is 329 g/mol. The zero-order valence-corrected chi connectivity index (χ0v) is 13.7. The summed E-state index contributed by atoms with van der Waals surface area (Å²) in [6, 6.07) is 24.4. The fourth-order valence-electron chi connectivity index (χ4n) is 2.99. The molecule has 0 unspecified atom stereocenters. The first-order chi connectivity index (χ1) is 12.3. The van der Waals surface area contributed by atoms with Gasteiger partial charge in [0.05, 0.1) is 23.3 Å². The number of pyridine rings is 1. The summed E-state index contributed by atoms with van der Waals surface area (Å²) in [4.78, 5) is 4.75. The van der Waals surface area contributed by atoms with E-state index in [4.69, 9.17) is 10.1 Å². The van der Waals surface area contributed by atoms with Crippen molar-refractivity contribution in [1.29, 1.82) is 0 Å². The molecule has 1 heterocycles. The van der Waals surface area contributed by atoms with Crippen LogP contribution in [0.2, 0.25) is 0 Å². The molecule has 3 aromatic carbocycles. The molecule has 25 heavy (non-hydrogen) atoms. The van der Waals surface area contributed by atoms with E-state index in [2.05, 4.69) is 22.8 Å². The highest BCUT2D eigenvalue weighted by Gasteiger charge is 2.08. The Morgan fingerprint density at radius 1 is 0.720 bits per heavy atom. The molecular weight excluding hydrogens is 310 g/mol. The van der Waals surface area contributed by atoms with Gasteiger partial charge < -0.3 is 15.7 Å². The molecule has 0 saturated carbocycles. The van der Waals surface area contributed by atoms with Crippen LogP contribution < -0.4 is 10.6 Å². The van der Waals surface area contributed by atoms with Gasteiger partial charge in [-0.25, -0.2) is 4.98 Å². The summed E-state index contributed by atoms with van der Waals surface area (Å²) in [5.41, 5.74) is 5.02. The van der Waals surface area contributed by atoms with Gasteiger partial charge in [-0.05, 0) is 36.4 Å². The minimum Gasteiger partial charge on any atom is -0.395 e. The average Bonchev–Trinajstić information content (AvgIpc) is 2.67. The van der Waals surface area contributed by atoms with Gasteiger partial charge in [0.25, 0.3) is 0 Å². The molecule has 0 saturated heterocycles. The molecule has 4 heteroatoms. The highest BCUT2D eigenvalue weighted by atomic mass is 16.3. The Hall–Kier alpha value is -3.11. The number of aliphatic hydroxyl groups is 1. The maximum absolute atomic E-state index is 8.90. The number of nitrogens with one attached hydrogen (secondary N) is 2. The summed E-state index contributed by atoms with van der Waals surface area (Å²) >= 11 is 0. The van der Waals surface area contributed by atoms with Crippen LogP contribution in [0.25, 0.3) is 21.8 Å². The van der Waals surface area contributed by atoms with Crippen LogP contribution in [0.1, 0.15) is 0 Å². The first-order valence-electron chi connectivity index (χ1n) is 8.34. The molecule has 1 aromatic heterocycles. The zero-order chi connectivity index (χ0) is 17.1. The standard InChI is InChI=1S/C21H19N3O/c25-14-13-22-15-9-11-16(12-10-15)23-21-17-5-1-3-7-19(17)24-20-8-4-2-6-18(20)21/h1-12,22,25H,13-14H2,(H,23,24). The van der Waals surface area contributed by atoms with Crippen LogP contribution in [0.5, 0.6) is 0 Å². The van der Waals surface area contributed by atoms with Gasteiger partial charge in [0.2, 0.25) is 0 Å². The van der Waals surface area contributed by atoms with Crippen LogP contribution in [-0.4, -0.2) is 23.2 Å². The molecule has 0 fully saturated rings. The number of para-hydroxylation sites is 2. The van der Waals surface area contributed by atoms with E-state index in [-0.39, 0.29) is 6.61 Å². The third kappa shape index (κ3) is 3.12. The largest absolute Gasteiger partial charge is 0.395 e. The van der Waals surface area contributed by atoms with Crippen molar-refractivity contribution in [1.82, 2.24) is 4.98 Å². The summed E-state index contributed by atoms with van der Waals surface area (Å²) in [5, 5.41) is 17.8. The summed E-state index contributed by atoms with van der Waals surface area (Å²) in [5.74, 6) is 0. The number of aliphatic hydroxyl groups excluding tert-OH is 1. The van der Waals surface area contributed by atoms with Crippen molar-refractivity contribution in [3.63, 3.8) is 0 Å². The van der Waals surface area contributed by atoms with Gasteiger partial charge in [0.1, 0.15) is 0 Å². The second-order valence-electron chi connectivity index (χ2n) is 5.87. The van der Waals surface area contributed by atoms with Gasteiger partial charge in [-0.1, -0.05) is 36.4 Å². The lowest BCUT2D eigenvalue weighted by Gasteiger charge is -2.14. The fraction of sp³-hybridized carbons (Fsp3) is 0.0952. The molecule has 3 N–H and O–H groups in total. The molecule has 0 spiro atoms. The minimum atomic E-state index is 0.120. The number of rotatable bonds is 5. The highest BCUT2D eigenvalue weighted by molar-refractivity contribution is 6.08. The Labute approximate surface area is 146 Å². The third-order valence-corrected chi connectivity index (χ3v) is 4.18. The summed E-state index contributed by atoms with van der Waals surface area (Å²) in [6.07, 6.45) is 0. The maximum Gasteiger partial charge on any atom is 0.0730 e. The second-order valence-corrected chi connectivity index (χ2v) is 5.87. The number of hydrogen-bond acceptors (Lipinski definition) is 4. The van der Waals surface area contributed by atoms with Crippen molar-refractivity contribution in [3.05, 3.63) is 72.8 Å². The van der Waals surface area contributed by atoms with Crippen LogP contribution >= 0.6 is 0 Å². The van der Waals surface area contributed by atoms with Crippen LogP contribution in [0, 0.1) is 0 Å². The minimum absolute atomic E-state index is 0.120. The lowest BCUT2D eigenvalue weighted by atomic mass is 10.1. The predicted molar refractivity (Wildman–Crippen MR) is 105 cm³/mol. The van der Waals surface area contributed by atoms with E-state index >= 15 is 0 Å². The number of benzene rings is 3. The van der Waals surface area contributed by atoms with Crippen molar-refractivity contribution in [2.45, 2.75) is 0 Å². The second kappa shape index (κ2) is 6.79. The van der Waals surface area contributed by atoms with Crippen LogP contribution in [-0.2, 0) is 0 Å². The number of nitrogens with zero attached hydrogens (tertiary/aromatic N) is 1. The van der Waals surface area contributed by atoms with E-state index in [0.717, 1.165) is 38.9 Å².